The van der Waals surface area contributed by atoms with Gasteiger partial charge in [0.05, 0.1) is 12.1 Å². The molecule has 1 aliphatic carbocycles. The summed E-state index contributed by atoms with van der Waals surface area (Å²) in [6, 6.07) is 6.01. The van der Waals surface area contributed by atoms with Crippen LogP contribution in [0.15, 0.2) is 28.7 Å². The Balaban J connectivity index is 1.89. The topological polar surface area (TPSA) is 48.4 Å². The Labute approximate surface area is 111 Å². The van der Waals surface area contributed by atoms with E-state index < -0.39 is 0 Å². The minimum atomic E-state index is -0.289. The second-order valence-corrected chi connectivity index (χ2v) is 5.11. The Kier molecular flexibility index (Phi) is 3.29. The van der Waals surface area contributed by atoms with Gasteiger partial charge in [-0.3, -0.25) is 0 Å². The van der Waals surface area contributed by atoms with E-state index in [2.05, 4.69) is 0 Å². The highest BCUT2D eigenvalue weighted by Crippen LogP contribution is 2.40. The van der Waals surface area contributed by atoms with Crippen LogP contribution in [-0.2, 0) is 4.74 Å². The van der Waals surface area contributed by atoms with E-state index in [-0.39, 0.29) is 18.0 Å². The molecule has 2 atom stereocenters. The van der Waals surface area contributed by atoms with Crippen molar-refractivity contribution in [1.82, 2.24) is 0 Å². The average Bonchev–Trinajstić information content (AvgIpc) is 3.14. The lowest BCUT2D eigenvalue weighted by atomic mass is 10.0. The highest BCUT2D eigenvalue weighted by Gasteiger charge is 2.37. The van der Waals surface area contributed by atoms with Gasteiger partial charge in [0.1, 0.15) is 17.2 Å². The van der Waals surface area contributed by atoms with Crippen molar-refractivity contribution in [2.24, 2.45) is 11.7 Å². The van der Waals surface area contributed by atoms with Gasteiger partial charge in [-0.05, 0) is 49.9 Å². The number of benzene rings is 1. The highest BCUT2D eigenvalue weighted by atomic mass is 19.1. The van der Waals surface area contributed by atoms with Crippen LogP contribution in [0.1, 0.15) is 31.6 Å². The molecule has 2 aromatic rings. The Morgan fingerprint density at radius 1 is 1.42 bits per heavy atom. The second kappa shape index (κ2) is 4.94. The van der Waals surface area contributed by atoms with Gasteiger partial charge in [-0.1, -0.05) is 0 Å². The van der Waals surface area contributed by atoms with E-state index >= 15 is 0 Å². The number of nitrogens with two attached hydrogens (primary N) is 1. The number of fused-ring (bicyclic) bond motifs is 1. The van der Waals surface area contributed by atoms with Crippen LogP contribution >= 0.6 is 0 Å². The van der Waals surface area contributed by atoms with Crippen molar-refractivity contribution in [2.45, 2.75) is 31.9 Å². The zero-order chi connectivity index (χ0) is 13.4. The average molecular weight is 263 g/mol. The zero-order valence-electron chi connectivity index (χ0n) is 10.9. The molecule has 1 aliphatic rings. The van der Waals surface area contributed by atoms with Crippen molar-refractivity contribution in [3.05, 3.63) is 35.8 Å². The van der Waals surface area contributed by atoms with Gasteiger partial charge >= 0.3 is 0 Å². The first kappa shape index (κ1) is 12.6. The first-order chi connectivity index (χ1) is 9.19. The highest BCUT2D eigenvalue weighted by molar-refractivity contribution is 5.78. The molecule has 0 radical (unpaired) electrons. The number of hydrogen-bond acceptors (Lipinski definition) is 3. The predicted molar refractivity (Wildman–Crippen MR) is 71.2 cm³/mol. The monoisotopic (exact) mass is 263 g/mol. The molecule has 1 heterocycles. The van der Waals surface area contributed by atoms with E-state index in [0.717, 1.165) is 18.2 Å². The van der Waals surface area contributed by atoms with E-state index in [4.69, 9.17) is 14.9 Å². The summed E-state index contributed by atoms with van der Waals surface area (Å²) in [5.41, 5.74) is 6.92. The minimum Gasteiger partial charge on any atom is -0.459 e. The van der Waals surface area contributed by atoms with Crippen molar-refractivity contribution in [3.8, 4) is 0 Å². The van der Waals surface area contributed by atoms with E-state index in [1.165, 1.54) is 12.1 Å². The van der Waals surface area contributed by atoms with Gasteiger partial charge in [-0.25, -0.2) is 4.39 Å². The fourth-order valence-electron chi connectivity index (χ4n) is 2.51. The zero-order valence-corrected chi connectivity index (χ0v) is 10.9. The van der Waals surface area contributed by atoms with Gasteiger partial charge in [0.25, 0.3) is 0 Å². The Morgan fingerprint density at radius 3 is 2.89 bits per heavy atom. The molecule has 1 aromatic carbocycles. The largest absolute Gasteiger partial charge is 0.459 e. The van der Waals surface area contributed by atoms with Crippen LogP contribution in [0.2, 0.25) is 0 Å². The predicted octanol–water partition coefficient (Wildman–Crippen LogP) is 3.39. The van der Waals surface area contributed by atoms with Gasteiger partial charge in [0.2, 0.25) is 0 Å². The van der Waals surface area contributed by atoms with Gasteiger partial charge < -0.3 is 14.9 Å². The van der Waals surface area contributed by atoms with E-state index in [1.807, 2.05) is 13.0 Å². The Morgan fingerprint density at radius 2 is 2.21 bits per heavy atom. The molecule has 2 unspecified atom stereocenters. The van der Waals surface area contributed by atoms with Crippen molar-refractivity contribution in [1.29, 1.82) is 0 Å². The number of halogens is 1. The van der Waals surface area contributed by atoms with E-state index in [1.54, 1.807) is 6.07 Å². The quantitative estimate of drug-likeness (QED) is 0.899. The molecule has 3 nitrogen and oxygen atoms in total. The van der Waals surface area contributed by atoms with Crippen molar-refractivity contribution < 1.29 is 13.5 Å². The summed E-state index contributed by atoms with van der Waals surface area (Å²) in [6.07, 6.45) is 2.32. The van der Waals surface area contributed by atoms with Gasteiger partial charge in [0.15, 0.2) is 0 Å². The normalized spacial score (nSPS) is 18.7. The van der Waals surface area contributed by atoms with Crippen LogP contribution in [0.4, 0.5) is 4.39 Å². The third-order valence-electron chi connectivity index (χ3n) is 3.63. The summed E-state index contributed by atoms with van der Waals surface area (Å²) in [5, 5.41) is 0.747. The summed E-state index contributed by atoms with van der Waals surface area (Å²) in [7, 11) is 0. The maximum Gasteiger partial charge on any atom is 0.134 e. The molecule has 0 amide bonds. The Bertz CT molecular complexity index is 577. The molecule has 3 rings (SSSR count). The summed E-state index contributed by atoms with van der Waals surface area (Å²) in [6.45, 7) is 2.61. The third-order valence-corrected chi connectivity index (χ3v) is 3.63. The van der Waals surface area contributed by atoms with Gasteiger partial charge in [-0.2, -0.15) is 0 Å². The van der Waals surface area contributed by atoms with E-state index in [9.17, 15) is 4.39 Å². The molecule has 0 saturated heterocycles. The lowest BCUT2D eigenvalue weighted by Crippen LogP contribution is -2.30. The molecule has 0 bridgehead atoms. The molecule has 4 heteroatoms. The van der Waals surface area contributed by atoms with Crippen LogP contribution in [-0.4, -0.2) is 12.7 Å². The molecule has 1 fully saturated rings. The summed E-state index contributed by atoms with van der Waals surface area (Å²) in [5.74, 6) is 0.933. The molecule has 1 saturated carbocycles. The maximum absolute atomic E-state index is 13.2. The number of rotatable bonds is 5. The van der Waals surface area contributed by atoms with Crippen LogP contribution in [0.25, 0.3) is 11.0 Å². The third kappa shape index (κ3) is 2.51. The SMILES string of the molecule is CCOC(C1CC1)C(N)c1cc2cc(F)ccc2o1. The summed E-state index contributed by atoms with van der Waals surface area (Å²) < 4.78 is 24.6. The van der Waals surface area contributed by atoms with Crippen molar-refractivity contribution in [3.63, 3.8) is 0 Å². The fourth-order valence-corrected chi connectivity index (χ4v) is 2.51. The molecule has 19 heavy (non-hydrogen) atoms. The first-order valence-corrected chi connectivity index (χ1v) is 6.75. The molecular weight excluding hydrogens is 245 g/mol. The van der Waals surface area contributed by atoms with Crippen LogP contribution in [0.5, 0.6) is 0 Å². The lowest BCUT2D eigenvalue weighted by molar-refractivity contribution is 0.0238. The summed E-state index contributed by atoms with van der Waals surface area (Å²) >= 11 is 0. The molecule has 102 valence electrons. The molecule has 0 spiro atoms. The van der Waals surface area contributed by atoms with Gasteiger partial charge in [0, 0.05) is 12.0 Å². The first-order valence-electron chi connectivity index (χ1n) is 6.75. The van der Waals surface area contributed by atoms with Crippen molar-refractivity contribution >= 4 is 11.0 Å². The van der Waals surface area contributed by atoms with Crippen molar-refractivity contribution in [2.75, 3.05) is 6.61 Å². The second-order valence-electron chi connectivity index (χ2n) is 5.11. The van der Waals surface area contributed by atoms with Crippen LogP contribution < -0.4 is 5.73 Å². The maximum atomic E-state index is 13.2. The summed E-state index contributed by atoms with van der Waals surface area (Å²) in [4.78, 5) is 0. The smallest absolute Gasteiger partial charge is 0.134 e. The number of hydrogen-bond donors (Lipinski definition) is 1. The van der Waals surface area contributed by atoms with Crippen LogP contribution in [0, 0.1) is 11.7 Å². The minimum absolute atomic E-state index is 0.00425. The number of ether oxygens (including phenoxy) is 1. The Hall–Kier alpha value is -1.39. The fraction of sp³-hybridized carbons (Fsp3) is 0.467. The number of furan rings is 1. The van der Waals surface area contributed by atoms with Crippen LogP contribution in [0.3, 0.4) is 0 Å². The molecule has 0 aliphatic heterocycles. The molecule has 1 aromatic heterocycles. The van der Waals surface area contributed by atoms with E-state index in [0.29, 0.717) is 23.9 Å². The molecular formula is C15H18FNO2. The van der Waals surface area contributed by atoms with Gasteiger partial charge in [-0.15, -0.1) is 0 Å². The molecule has 2 N–H and O–H groups in total. The standard InChI is InChI=1S/C15H18FNO2/c1-2-18-15(9-3-4-9)14(17)13-8-10-7-11(16)5-6-12(10)19-13/h5-9,14-15H,2-4,17H2,1H3. The lowest BCUT2D eigenvalue weighted by Gasteiger charge is -2.21.